The monoisotopic (exact) mass is 363 g/mol. The maximum Gasteiger partial charge on any atom is 0.238 e. The van der Waals surface area contributed by atoms with Crippen molar-refractivity contribution in [3.8, 4) is 5.75 Å². The molecule has 0 saturated carbocycles. The van der Waals surface area contributed by atoms with Gasteiger partial charge in [0, 0.05) is 19.1 Å². The summed E-state index contributed by atoms with van der Waals surface area (Å²) < 4.78 is 28.1. The molecule has 6 nitrogen and oxygen atoms in total. The predicted molar refractivity (Wildman–Crippen MR) is 93.4 cm³/mol. The topological polar surface area (TPSA) is 98.6 Å². The Bertz CT molecular complexity index is 580. The Kier molecular flexibility index (Phi) is 7.76. The molecular weight excluding hydrogens is 338 g/mol. The molecule has 0 bridgehead atoms. The number of piperidine rings is 1. The molecule has 0 aromatic heterocycles. The first-order valence-electron chi connectivity index (χ1n) is 7.61. The lowest BCUT2D eigenvalue weighted by atomic mass is 9.91. The van der Waals surface area contributed by atoms with Crippen LogP contribution in [0.2, 0.25) is 0 Å². The van der Waals surface area contributed by atoms with Crippen LogP contribution in [0.1, 0.15) is 19.8 Å². The average molecular weight is 364 g/mol. The lowest BCUT2D eigenvalue weighted by molar-refractivity contribution is 0.0895. The Morgan fingerprint density at radius 3 is 2.52 bits per heavy atom. The van der Waals surface area contributed by atoms with E-state index >= 15 is 0 Å². The van der Waals surface area contributed by atoms with Crippen LogP contribution in [-0.4, -0.2) is 45.6 Å². The fourth-order valence-electron chi connectivity index (χ4n) is 3.00. The van der Waals surface area contributed by atoms with Gasteiger partial charge in [-0.3, -0.25) is 4.90 Å². The molecule has 2 rings (SSSR count). The van der Waals surface area contributed by atoms with Crippen molar-refractivity contribution < 1.29 is 13.2 Å². The smallest absolute Gasteiger partial charge is 0.238 e. The van der Waals surface area contributed by atoms with E-state index in [1.54, 1.807) is 12.1 Å². The second-order valence-electron chi connectivity index (χ2n) is 5.82. The lowest BCUT2D eigenvalue weighted by Crippen LogP contribution is -2.49. The number of ether oxygens (including phenoxy) is 1. The van der Waals surface area contributed by atoms with Crippen molar-refractivity contribution in [1.82, 2.24) is 4.90 Å². The molecule has 0 amide bonds. The summed E-state index contributed by atoms with van der Waals surface area (Å²) >= 11 is 0. The Balaban J connectivity index is 0.00000264. The largest absolute Gasteiger partial charge is 0.492 e. The number of halogens is 1. The molecule has 4 N–H and O–H groups in total. The molecule has 2 atom stereocenters. The van der Waals surface area contributed by atoms with E-state index < -0.39 is 10.0 Å². The van der Waals surface area contributed by atoms with Gasteiger partial charge in [-0.25, -0.2) is 13.6 Å². The minimum absolute atomic E-state index is 0. The summed E-state index contributed by atoms with van der Waals surface area (Å²) in [5, 5.41) is 5.06. The minimum atomic E-state index is -3.65. The maximum absolute atomic E-state index is 11.2. The number of primary sulfonamides is 1. The minimum Gasteiger partial charge on any atom is -0.492 e. The van der Waals surface area contributed by atoms with E-state index in [9.17, 15) is 8.42 Å². The zero-order chi connectivity index (χ0) is 16.2. The average Bonchev–Trinajstić information content (AvgIpc) is 2.47. The molecule has 132 valence electrons. The number of hydrogen-bond donors (Lipinski definition) is 2. The van der Waals surface area contributed by atoms with E-state index in [0.29, 0.717) is 30.9 Å². The standard InChI is InChI=1S/C15H25N3O3S.ClH/c1-12-3-2-8-18(15(12)11-16)9-10-21-13-4-6-14(7-5-13)22(17,19)20;/h4-7,12,15H,2-3,8-11,16H2,1H3,(H2,17,19,20);1H. The number of sulfonamides is 1. The molecule has 8 heteroatoms. The first kappa shape index (κ1) is 20.2. The molecular formula is C15H26ClN3O3S. The van der Waals surface area contributed by atoms with E-state index in [1.165, 1.54) is 25.0 Å². The highest BCUT2D eigenvalue weighted by molar-refractivity contribution is 7.89. The number of rotatable bonds is 6. The summed E-state index contributed by atoms with van der Waals surface area (Å²) in [7, 11) is -3.65. The van der Waals surface area contributed by atoms with Gasteiger partial charge in [0.15, 0.2) is 0 Å². The lowest BCUT2D eigenvalue weighted by Gasteiger charge is -2.39. The van der Waals surface area contributed by atoms with Crippen molar-refractivity contribution in [2.45, 2.75) is 30.7 Å². The second kappa shape index (κ2) is 8.84. The second-order valence-corrected chi connectivity index (χ2v) is 7.38. The Morgan fingerprint density at radius 1 is 1.30 bits per heavy atom. The molecule has 0 aliphatic carbocycles. The van der Waals surface area contributed by atoms with Crippen LogP contribution >= 0.6 is 12.4 Å². The Morgan fingerprint density at radius 2 is 1.96 bits per heavy atom. The third kappa shape index (κ3) is 5.61. The van der Waals surface area contributed by atoms with Crippen LogP contribution in [0.25, 0.3) is 0 Å². The molecule has 1 fully saturated rings. The summed E-state index contributed by atoms with van der Waals surface area (Å²) in [4.78, 5) is 2.47. The third-order valence-electron chi connectivity index (χ3n) is 4.27. The SMILES string of the molecule is CC1CCCN(CCOc2ccc(S(N)(=O)=O)cc2)C1CN.Cl. The van der Waals surface area contributed by atoms with Gasteiger partial charge in [0.05, 0.1) is 4.90 Å². The molecule has 1 heterocycles. The highest BCUT2D eigenvalue weighted by atomic mass is 35.5. The van der Waals surface area contributed by atoms with Crippen molar-refractivity contribution >= 4 is 22.4 Å². The van der Waals surface area contributed by atoms with E-state index in [4.69, 9.17) is 15.6 Å². The van der Waals surface area contributed by atoms with Crippen molar-refractivity contribution in [3.63, 3.8) is 0 Å². The van der Waals surface area contributed by atoms with E-state index in [1.807, 2.05) is 0 Å². The molecule has 1 aromatic carbocycles. The van der Waals surface area contributed by atoms with Crippen molar-refractivity contribution in [2.75, 3.05) is 26.2 Å². The van der Waals surface area contributed by atoms with Gasteiger partial charge < -0.3 is 10.5 Å². The van der Waals surface area contributed by atoms with Crippen LogP contribution in [0.4, 0.5) is 0 Å². The normalized spacial score (nSPS) is 22.4. The van der Waals surface area contributed by atoms with Crippen LogP contribution in [0, 0.1) is 5.92 Å². The summed E-state index contributed by atoms with van der Waals surface area (Å²) in [5.41, 5.74) is 5.87. The zero-order valence-electron chi connectivity index (χ0n) is 13.3. The van der Waals surface area contributed by atoms with Crippen molar-refractivity contribution in [1.29, 1.82) is 0 Å². The highest BCUT2D eigenvalue weighted by Gasteiger charge is 2.26. The molecule has 2 unspecified atom stereocenters. The van der Waals surface area contributed by atoms with E-state index in [0.717, 1.165) is 13.1 Å². The van der Waals surface area contributed by atoms with Gasteiger partial charge in [-0.05, 0) is 49.6 Å². The summed E-state index contributed by atoms with van der Waals surface area (Å²) in [6, 6.07) is 6.58. The van der Waals surface area contributed by atoms with Gasteiger partial charge in [0.25, 0.3) is 0 Å². The Hall–Kier alpha value is -0.860. The molecule has 0 spiro atoms. The summed E-state index contributed by atoms with van der Waals surface area (Å²) in [6.07, 6.45) is 2.43. The number of benzene rings is 1. The van der Waals surface area contributed by atoms with E-state index in [-0.39, 0.29) is 17.3 Å². The van der Waals surface area contributed by atoms with Crippen LogP contribution in [0.5, 0.6) is 5.75 Å². The van der Waals surface area contributed by atoms with Crippen LogP contribution in [-0.2, 0) is 10.0 Å². The van der Waals surface area contributed by atoms with Gasteiger partial charge >= 0.3 is 0 Å². The van der Waals surface area contributed by atoms with Gasteiger partial charge in [-0.2, -0.15) is 0 Å². The molecule has 1 aliphatic rings. The summed E-state index contributed by atoms with van der Waals surface area (Å²) in [6.45, 7) is 5.35. The van der Waals surface area contributed by atoms with Gasteiger partial charge in [-0.1, -0.05) is 6.92 Å². The highest BCUT2D eigenvalue weighted by Crippen LogP contribution is 2.22. The quantitative estimate of drug-likeness (QED) is 0.791. The fourth-order valence-corrected chi connectivity index (χ4v) is 3.52. The fraction of sp³-hybridized carbons (Fsp3) is 0.600. The first-order valence-corrected chi connectivity index (χ1v) is 9.16. The third-order valence-corrected chi connectivity index (χ3v) is 5.20. The van der Waals surface area contributed by atoms with Crippen LogP contribution in [0.15, 0.2) is 29.2 Å². The zero-order valence-corrected chi connectivity index (χ0v) is 15.0. The number of likely N-dealkylation sites (tertiary alicyclic amines) is 1. The molecule has 1 aromatic rings. The molecule has 1 saturated heterocycles. The predicted octanol–water partition coefficient (Wildman–Crippen LogP) is 1.19. The van der Waals surface area contributed by atoms with Crippen molar-refractivity contribution in [3.05, 3.63) is 24.3 Å². The maximum atomic E-state index is 11.2. The van der Waals surface area contributed by atoms with Crippen LogP contribution < -0.4 is 15.6 Å². The first-order chi connectivity index (χ1) is 10.4. The van der Waals surface area contributed by atoms with Gasteiger partial charge in [0.1, 0.15) is 12.4 Å². The van der Waals surface area contributed by atoms with Crippen LogP contribution in [0.3, 0.4) is 0 Å². The van der Waals surface area contributed by atoms with Crippen molar-refractivity contribution in [2.24, 2.45) is 16.8 Å². The molecule has 23 heavy (non-hydrogen) atoms. The van der Waals surface area contributed by atoms with Gasteiger partial charge in [0.2, 0.25) is 10.0 Å². The number of nitrogens with zero attached hydrogens (tertiary/aromatic N) is 1. The Labute approximate surface area is 144 Å². The van der Waals surface area contributed by atoms with Gasteiger partial charge in [-0.15, -0.1) is 12.4 Å². The molecule has 0 radical (unpaired) electrons. The number of hydrogen-bond acceptors (Lipinski definition) is 5. The van der Waals surface area contributed by atoms with E-state index in [2.05, 4.69) is 11.8 Å². The summed E-state index contributed by atoms with van der Waals surface area (Å²) in [5.74, 6) is 1.26. The molecule has 1 aliphatic heterocycles. The number of nitrogens with two attached hydrogens (primary N) is 2.